The molecule has 0 saturated heterocycles. The Morgan fingerprint density at radius 3 is 1.92 bits per heavy atom. The fraction of sp³-hybridized carbons (Fsp3) is 0.190. The highest BCUT2D eigenvalue weighted by molar-refractivity contribution is 7.39. The van der Waals surface area contributed by atoms with Gasteiger partial charge in [0.05, 0.1) is 0 Å². The van der Waals surface area contributed by atoms with Crippen molar-refractivity contribution in [2.45, 2.75) is 12.9 Å². The van der Waals surface area contributed by atoms with Crippen LogP contribution in [0.25, 0.3) is 11.2 Å². The number of nitrogen functional groups attached to an aromatic ring is 1. The summed E-state index contributed by atoms with van der Waals surface area (Å²) < 4.78 is 48.1. The highest BCUT2D eigenvalue weighted by Crippen LogP contribution is 2.32. The second kappa shape index (κ2) is 12.5. The number of ether oxygens (including phenoxy) is 2. The molecule has 36 heavy (non-hydrogen) atoms. The predicted octanol–water partition coefficient (Wildman–Crippen LogP) is 4.52. The van der Waals surface area contributed by atoms with E-state index in [1.165, 1.54) is 19.6 Å². The van der Waals surface area contributed by atoms with Crippen LogP contribution in [0.3, 0.4) is 0 Å². The molecule has 2 atom stereocenters. The second-order valence-electron chi connectivity index (χ2n) is 6.98. The Bertz CT molecular complexity index is 1260. The van der Waals surface area contributed by atoms with Crippen molar-refractivity contribution in [3.05, 3.63) is 73.3 Å². The Kier molecular flexibility index (Phi) is 9.46. The molecule has 12 nitrogen and oxygen atoms in total. The Labute approximate surface area is 213 Å². The summed E-state index contributed by atoms with van der Waals surface area (Å²) in [6.07, 6.45) is 1.73. The standard InChI is InChI=1S/C21H21N5O7P2.ClH/c1-21(29-14-34(27)31-16-8-4-2-5-9-16,30-15-35(28)32-17-10-6-3-7-11-17)33-26-13-25-18-19(22)23-12-24-20(18)26;/h2-13H,14-15H2,1H3,(H2,22,23,24);1H/q+2;. The zero-order valence-electron chi connectivity index (χ0n) is 18.9. The van der Waals surface area contributed by atoms with Gasteiger partial charge < -0.3 is 10.6 Å². The number of imidazole rings is 1. The molecule has 2 N–H and O–H groups in total. The first-order valence-electron chi connectivity index (χ1n) is 10.2. The number of halogens is 1. The molecule has 0 aliphatic rings. The molecule has 4 rings (SSSR count). The Morgan fingerprint density at radius 2 is 1.39 bits per heavy atom. The summed E-state index contributed by atoms with van der Waals surface area (Å²) in [5.41, 5.74) is 6.36. The molecule has 2 heterocycles. The van der Waals surface area contributed by atoms with Gasteiger partial charge in [0.2, 0.25) is 5.65 Å². The number of para-hydroxylation sites is 2. The molecule has 0 fully saturated rings. The number of hydrogen-bond acceptors (Lipinski definition) is 11. The van der Waals surface area contributed by atoms with E-state index in [2.05, 4.69) is 15.0 Å². The number of aromatic nitrogens is 4. The third-order valence-electron chi connectivity index (χ3n) is 4.36. The van der Waals surface area contributed by atoms with Crippen molar-refractivity contribution in [1.82, 2.24) is 19.7 Å². The molecule has 4 aromatic rings. The van der Waals surface area contributed by atoms with Crippen LogP contribution in [0.5, 0.6) is 11.5 Å². The number of benzene rings is 2. The SMILES string of the molecule is CC(OC[P+](=O)Oc1ccccc1)(OC[P+](=O)Oc1ccccc1)On1cnc2c(N)ncnc21.Cl. The lowest BCUT2D eigenvalue weighted by atomic mass is 10.3. The van der Waals surface area contributed by atoms with Gasteiger partial charge in [0, 0.05) is 6.92 Å². The summed E-state index contributed by atoms with van der Waals surface area (Å²) in [7, 11) is -4.59. The van der Waals surface area contributed by atoms with Crippen LogP contribution in [-0.4, -0.2) is 38.4 Å². The Hall–Kier alpha value is -3.40. The van der Waals surface area contributed by atoms with Gasteiger partial charge in [-0.05, 0) is 33.4 Å². The molecule has 2 aromatic heterocycles. The van der Waals surface area contributed by atoms with Gasteiger partial charge in [-0.15, -0.1) is 17.1 Å². The fourth-order valence-corrected chi connectivity index (χ4v) is 4.26. The van der Waals surface area contributed by atoms with E-state index in [0.717, 1.165) is 4.73 Å². The molecule has 0 aliphatic carbocycles. The van der Waals surface area contributed by atoms with Crippen LogP contribution < -0.4 is 19.6 Å². The molecule has 188 valence electrons. The average Bonchev–Trinajstić information content (AvgIpc) is 3.27. The highest BCUT2D eigenvalue weighted by atomic mass is 35.5. The topological polar surface area (TPSA) is 150 Å². The predicted molar refractivity (Wildman–Crippen MR) is 133 cm³/mol. The molecule has 0 radical (unpaired) electrons. The lowest BCUT2D eigenvalue weighted by molar-refractivity contribution is -0.355. The third kappa shape index (κ3) is 7.30. The van der Waals surface area contributed by atoms with Crippen molar-refractivity contribution in [3.63, 3.8) is 0 Å². The van der Waals surface area contributed by atoms with Crippen LogP contribution in [0.15, 0.2) is 73.3 Å². The van der Waals surface area contributed by atoms with Crippen molar-refractivity contribution in [3.8, 4) is 11.5 Å². The fourth-order valence-electron chi connectivity index (χ4n) is 2.76. The zero-order valence-corrected chi connectivity index (χ0v) is 21.5. The number of nitrogens with zero attached hydrogens (tertiary/aromatic N) is 4. The first-order valence-corrected chi connectivity index (χ1v) is 12.9. The van der Waals surface area contributed by atoms with E-state index in [0.29, 0.717) is 17.0 Å². The molecule has 0 spiro atoms. The summed E-state index contributed by atoms with van der Waals surface area (Å²) in [6, 6.07) is 17.2. The Balaban J connectivity index is 0.00000361. The minimum Gasteiger partial charge on any atom is -0.382 e. The molecule has 2 aromatic carbocycles. The van der Waals surface area contributed by atoms with Gasteiger partial charge in [0.1, 0.15) is 12.7 Å². The van der Waals surface area contributed by atoms with Gasteiger partial charge in [-0.2, -0.15) is 0 Å². The van der Waals surface area contributed by atoms with Crippen LogP contribution in [-0.2, 0) is 18.6 Å². The summed E-state index contributed by atoms with van der Waals surface area (Å²) in [5.74, 6) is -0.913. The lowest BCUT2D eigenvalue weighted by Gasteiger charge is -2.25. The number of fused-ring (bicyclic) bond motifs is 1. The zero-order chi connectivity index (χ0) is 24.7. The van der Waals surface area contributed by atoms with Crippen molar-refractivity contribution in [2.24, 2.45) is 0 Å². The first kappa shape index (κ1) is 27.2. The third-order valence-corrected chi connectivity index (χ3v) is 5.87. The molecule has 0 amide bonds. The van der Waals surface area contributed by atoms with Gasteiger partial charge in [-0.25, -0.2) is 15.0 Å². The Morgan fingerprint density at radius 1 is 0.861 bits per heavy atom. The average molecular weight is 554 g/mol. The van der Waals surface area contributed by atoms with Gasteiger partial charge in [0.15, 0.2) is 22.8 Å². The van der Waals surface area contributed by atoms with Crippen LogP contribution >= 0.6 is 28.5 Å². The number of nitrogens with two attached hydrogens (primary N) is 1. The minimum atomic E-state index is -2.30. The van der Waals surface area contributed by atoms with Gasteiger partial charge >= 0.3 is 22.0 Å². The summed E-state index contributed by atoms with van der Waals surface area (Å²) in [6.45, 7) is 1.40. The molecular formula is C21H22ClN5O7P2+2. The highest BCUT2D eigenvalue weighted by Gasteiger charge is 2.39. The molecule has 2 unspecified atom stereocenters. The van der Waals surface area contributed by atoms with Crippen molar-refractivity contribution >= 4 is 45.4 Å². The minimum absolute atomic E-state index is 0. The van der Waals surface area contributed by atoms with Gasteiger partial charge in [0.25, 0.3) is 12.7 Å². The molecular weight excluding hydrogens is 532 g/mol. The van der Waals surface area contributed by atoms with E-state index in [9.17, 15) is 9.13 Å². The second-order valence-corrected chi connectivity index (χ2v) is 9.19. The van der Waals surface area contributed by atoms with Crippen molar-refractivity contribution in [2.75, 3.05) is 18.4 Å². The number of rotatable bonds is 12. The molecule has 0 bridgehead atoms. The maximum Gasteiger partial charge on any atom is 0.585 e. The summed E-state index contributed by atoms with van der Waals surface area (Å²) in [4.78, 5) is 17.9. The largest absolute Gasteiger partial charge is 0.585 e. The van der Waals surface area contributed by atoms with Crippen LogP contribution in [0, 0.1) is 0 Å². The normalized spacial score (nSPS) is 13.2. The molecule has 0 saturated carbocycles. The first-order chi connectivity index (χ1) is 16.9. The van der Waals surface area contributed by atoms with Gasteiger partial charge in [-0.3, -0.25) is 18.5 Å². The summed E-state index contributed by atoms with van der Waals surface area (Å²) in [5, 5.41) is 0. The monoisotopic (exact) mass is 553 g/mol. The maximum absolute atomic E-state index is 12.4. The lowest BCUT2D eigenvalue weighted by Crippen LogP contribution is -2.43. The van der Waals surface area contributed by atoms with Crippen LogP contribution in [0.2, 0.25) is 0 Å². The smallest absolute Gasteiger partial charge is 0.382 e. The molecule has 0 aliphatic heterocycles. The summed E-state index contributed by atoms with van der Waals surface area (Å²) >= 11 is 0. The van der Waals surface area contributed by atoms with E-state index in [1.54, 1.807) is 60.7 Å². The van der Waals surface area contributed by atoms with Crippen LogP contribution in [0.4, 0.5) is 5.82 Å². The number of anilines is 1. The molecule has 15 heteroatoms. The van der Waals surface area contributed by atoms with Crippen molar-refractivity contribution in [1.29, 1.82) is 0 Å². The van der Waals surface area contributed by atoms with E-state index >= 15 is 0 Å². The maximum atomic E-state index is 12.4. The van der Waals surface area contributed by atoms with Crippen LogP contribution in [0.1, 0.15) is 6.92 Å². The van der Waals surface area contributed by atoms with E-state index in [-0.39, 0.29) is 23.9 Å². The van der Waals surface area contributed by atoms with E-state index < -0.39 is 34.7 Å². The quantitative estimate of drug-likeness (QED) is 0.195. The van der Waals surface area contributed by atoms with E-state index in [1.807, 2.05) is 0 Å². The van der Waals surface area contributed by atoms with Crippen molar-refractivity contribution < 1.29 is 32.5 Å². The number of hydrogen-bond donors (Lipinski definition) is 1. The van der Waals surface area contributed by atoms with Gasteiger partial charge in [-0.1, -0.05) is 36.4 Å². The van der Waals surface area contributed by atoms with E-state index in [4.69, 9.17) is 29.1 Å².